The number of anilines is 1. The third-order valence-electron chi connectivity index (χ3n) is 2.10. The van der Waals surface area contributed by atoms with E-state index in [2.05, 4.69) is 28.5 Å². The molecule has 0 saturated heterocycles. The van der Waals surface area contributed by atoms with E-state index in [1.54, 1.807) is 0 Å². The van der Waals surface area contributed by atoms with E-state index in [1.165, 1.54) is 11.5 Å². The molecule has 86 valence electrons. The molecule has 1 heterocycles. The molecule has 1 rings (SSSR count). The highest BCUT2D eigenvalue weighted by molar-refractivity contribution is 7.09. The molecule has 15 heavy (non-hydrogen) atoms. The van der Waals surface area contributed by atoms with Crippen LogP contribution in [0.2, 0.25) is 0 Å². The molecule has 0 fully saturated rings. The summed E-state index contributed by atoms with van der Waals surface area (Å²) in [6, 6.07) is 0. The van der Waals surface area contributed by atoms with Crippen LogP contribution in [0.4, 0.5) is 5.13 Å². The first-order valence-electron chi connectivity index (χ1n) is 5.13. The number of aliphatic hydroxyl groups is 1. The standard InChI is InChI=1S/C10H19N3OS/c1-7(2)8-12-9(15-13-8)11-5-10(3,4)6-14/h7,14H,5-6H2,1-4H3,(H,11,12,13). The highest BCUT2D eigenvalue weighted by atomic mass is 32.1. The first kappa shape index (κ1) is 12.4. The van der Waals surface area contributed by atoms with Gasteiger partial charge in [-0.15, -0.1) is 0 Å². The zero-order valence-electron chi connectivity index (χ0n) is 9.74. The Morgan fingerprint density at radius 1 is 1.47 bits per heavy atom. The van der Waals surface area contributed by atoms with Gasteiger partial charge in [0.2, 0.25) is 5.13 Å². The van der Waals surface area contributed by atoms with Gasteiger partial charge in [-0.3, -0.25) is 0 Å². The van der Waals surface area contributed by atoms with Crippen LogP contribution >= 0.6 is 11.5 Å². The fourth-order valence-electron chi connectivity index (χ4n) is 0.912. The van der Waals surface area contributed by atoms with Crippen molar-refractivity contribution in [3.05, 3.63) is 5.82 Å². The van der Waals surface area contributed by atoms with Gasteiger partial charge in [-0.25, -0.2) is 4.98 Å². The maximum atomic E-state index is 9.09. The molecule has 0 saturated carbocycles. The van der Waals surface area contributed by atoms with Crippen LogP contribution in [0.3, 0.4) is 0 Å². The molecule has 0 radical (unpaired) electrons. The van der Waals surface area contributed by atoms with E-state index < -0.39 is 0 Å². The maximum Gasteiger partial charge on any atom is 0.202 e. The Labute approximate surface area is 94.9 Å². The van der Waals surface area contributed by atoms with Gasteiger partial charge in [0.25, 0.3) is 0 Å². The van der Waals surface area contributed by atoms with Crippen LogP contribution in [0.5, 0.6) is 0 Å². The molecular formula is C10H19N3OS. The topological polar surface area (TPSA) is 58.0 Å². The van der Waals surface area contributed by atoms with E-state index in [0.717, 1.165) is 11.0 Å². The van der Waals surface area contributed by atoms with Crippen LogP contribution < -0.4 is 5.32 Å². The van der Waals surface area contributed by atoms with Gasteiger partial charge in [-0.1, -0.05) is 27.7 Å². The Morgan fingerprint density at radius 3 is 2.60 bits per heavy atom. The van der Waals surface area contributed by atoms with Crippen molar-refractivity contribution in [2.24, 2.45) is 5.41 Å². The van der Waals surface area contributed by atoms with Crippen molar-refractivity contribution in [1.29, 1.82) is 0 Å². The molecule has 1 aromatic heterocycles. The summed E-state index contributed by atoms with van der Waals surface area (Å²) in [5, 5.41) is 13.1. The normalized spacial score (nSPS) is 12.1. The molecule has 5 heteroatoms. The molecule has 0 aliphatic heterocycles. The van der Waals surface area contributed by atoms with Crippen LogP contribution in [0.15, 0.2) is 0 Å². The van der Waals surface area contributed by atoms with Crippen molar-refractivity contribution in [2.45, 2.75) is 33.6 Å². The minimum atomic E-state index is -0.121. The summed E-state index contributed by atoms with van der Waals surface area (Å²) in [5.41, 5.74) is -0.121. The van der Waals surface area contributed by atoms with E-state index in [0.29, 0.717) is 12.5 Å². The summed E-state index contributed by atoms with van der Waals surface area (Å²) in [5.74, 6) is 1.24. The Bertz CT molecular complexity index is 309. The molecule has 0 spiro atoms. The first-order chi connectivity index (χ1) is 6.94. The van der Waals surface area contributed by atoms with Crippen molar-refractivity contribution in [2.75, 3.05) is 18.5 Å². The summed E-state index contributed by atoms with van der Waals surface area (Å²) < 4.78 is 4.25. The molecule has 0 unspecified atom stereocenters. The number of aliphatic hydroxyl groups excluding tert-OH is 1. The molecule has 0 aromatic carbocycles. The van der Waals surface area contributed by atoms with Gasteiger partial charge in [0, 0.05) is 36.0 Å². The van der Waals surface area contributed by atoms with Gasteiger partial charge >= 0.3 is 0 Å². The van der Waals surface area contributed by atoms with Gasteiger partial charge in [-0.05, 0) is 0 Å². The van der Waals surface area contributed by atoms with Crippen LogP contribution in [0.25, 0.3) is 0 Å². The Balaban J connectivity index is 2.51. The third kappa shape index (κ3) is 3.76. The van der Waals surface area contributed by atoms with E-state index in [-0.39, 0.29) is 12.0 Å². The highest BCUT2D eigenvalue weighted by Gasteiger charge is 2.17. The predicted molar refractivity (Wildman–Crippen MR) is 63.4 cm³/mol. The van der Waals surface area contributed by atoms with Crippen molar-refractivity contribution in [3.63, 3.8) is 0 Å². The highest BCUT2D eigenvalue weighted by Crippen LogP contribution is 2.20. The molecule has 4 nitrogen and oxygen atoms in total. The summed E-state index contributed by atoms with van der Waals surface area (Å²) >= 11 is 1.38. The van der Waals surface area contributed by atoms with Crippen molar-refractivity contribution in [1.82, 2.24) is 9.36 Å². The van der Waals surface area contributed by atoms with Crippen molar-refractivity contribution < 1.29 is 5.11 Å². The van der Waals surface area contributed by atoms with E-state index >= 15 is 0 Å². The maximum absolute atomic E-state index is 9.09. The molecule has 0 aliphatic carbocycles. The lowest BCUT2D eigenvalue weighted by atomic mass is 9.95. The summed E-state index contributed by atoms with van der Waals surface area (Å²) in [6.45, 7) is 9.02. The lowest BCUT2D eigenvalue weighted by Gasteiger charge is -2.21. The number of nitrogens with one attached hydrogen (secondary N) is 1. The van der Waals surface area contributed by atoms with Gasteiger partial charge in [0.05, 0.1) is 0 Å². The van der Waals surface area contributed by atoms with Crippen molar-refractivity contribution >= 4 is 16.7 Å². The molecule has 0 amide bonds. The second kappa shape index (κ2) is 4.90. The van der Waals surface area contributed by atoms with Crippen LogP contribution in [0.1, 0.15) is 39.4 Å². The zero-order chi connectivity index (χ0) is 11.5. The van der Waals surface area contributed by atoms with Crippen molar-refractivity contribution in [3.8, 4) is 0 Å². The smallest absolute Gasteiger partial charge is 0.202 e. The number of hydrogen-bond donors (Lipinski definition) is 2. The fraction of sp³-hybridized carbons (Fsp3) is 0.800. The lowest BCUT2D eigenvalue weighted by Crippen LogP contribution is -2.26. The molecule has 0 aliphatic rings. The van der Waals surface area contributed by atoms with Crippen LogP contribution in [-0.2, 0) is 0 Å². The summed E-state index contributed by atoms with van der Waals surface area (Å²) in [6.07, 6.45) is 0. The fourth-order valence-corrected chi connectivity index (χ4v) is 1.61. The van der Waals surface area contributed by atoms with Crippen LogP contribution in [-0.4, -0.2) is 27.6 Å². The molecule has 0 bridgehead atoms. The minimum Gasteiger partial charge on any atom is -0.396 e. The zero-order valence-corrected chi connectivity index (χ0v) is 10.6. The second-order valence-electron chi connectivity index (χ2n) is 4.79. The monoisotopic (exact) mass is 229 g/mol. The van der Waals surface area contributed by atoms with E-state index in [9.17, 15) is 0 Å². The van der Waals surface area contributed by atoms with Gasteiger partial charge in [-0.2, -0.15) is 4.37 Å². The Morgan fingerprint density at radius 2 is 2.13 bits per heavy atom. The largest absolute Gasteiger partial charge is 0.396 e. The summed E-state index contributed by atoms with van der Waals surface area (Å²) in [7, 11) is 0. The molecule has 1 aromatic rings. The number of rotatable bonds is 5. The first-order valence-corrected chi connectivity index (χ1v) is 5.90. The lowest BCUT2D eigenvalue weighted by molar-refractivity contribution is 0.171. The molecule has 2 N–H and O–H groups in total. The van der Waals surface area contributed by atoms with Gasteiger partial charge in [0.15, 0.2) is 0 Å². The Hall–Kier alpha value is -0.680. The van der Waals surface area contributed by atoms with E-state index in [4.69, 9.17) is 5.11 Å². The third-order valence-corrected chi connectivity index (χ3v) is 2.79. The second-order valence-corrected chi connectivity index (χ2v) is 5.54. The van der Waals surface area contributed by atoms with Gasteiger partial charge < -0.3 is 10.4 Å². The SMILES string of the molecule is CC(C)c1nsc(NCC(C)(C)CO)n1. The van der Waals surface area contributed by atoms with Gasteiger partial charge in [0.1, 0.15) is 5.82 Å². The quantitative estimate of drug-likeness (QED) is 0.811. The molecular weight excluding hydrogens is 210 g/mol. The minimum absolute atomic E-state index is 0.121. The average molecular weight is 229 g/mol. The predicted octanol–water partition coefficient (Wildman–Crippen LogP) is 2.09. The Kier molecular flexibility index (Phi) is 4.04. The average Bonchev–Trinajstić information content (AvgIpc) is 2.63. The molecule has 0 atom stereocenters. The van der Waals surface area contributed by atoms with Crippen LogP contribution in [0, 0.1) is 5.41 Å². The number of nitrogens with zero attached hydrogens (tertiary/aromatic N) is 2. The number of hydrogen-bond acceptors (Lipinski definition) is 5. The summed E-state index contributed by atoms with van der Waals surface area (Å²) in [4.78, 5) is 4.36. The number of aromatic nitrogens is 2. The van der Waals surface area contributed by atoms with E-state index in [1.807, 2.05) is 13.8 Å².